The average molecular weight is 329 g/mol. The molecule has 0 unspecified atom stereocenters. The Bertz CT molecular complexity index is 585. The van der Waals surface area contributed by atoms with E-state index in [0.29, 0.717) is 6.04 Å². The largest absolute Gasteiger partial charge is 0.378 e. The zero-order valence-electron chi connectivity index (χ0n) is 14.5. The van der Waals surface area contributed by atoms with Crippen LogP contribution in [0.1, 0.15) is 38.5 Å². The molecule has 0 aliphatic heterocycles. The number of nitrogens with zero attached hydrogens (tertiary/aromatic N) is 1. The van der Waals surface area contributed by atoms with Crippen LogP contribution in [0, 0.1) is 11.8 Å². The van der Waals surface area contributed by atoms with Gasteiger partial charge < -0.3 is 15.5 Å². The number of anilines is 2. The summed E-state index contributed by atoms with van der Waals surface area (Å²) in [6.07, 6.45) is 5.47. The molecule has 0 saturated heterocycles. The lowest BCUT2D eigenvalue weighted by molar-refractivity contribution is -0.128. The number of carbonyl (C=O) groups excluding carboxylic acids is 2. The molecule has 2 N–H and O–H groups in total. The molecule has 2 saturated carbocycles. The molecular weight excluding hydrogens is 302 g/mol. The van der Waals surface area contributed by atoms with Crippen LogP contribution in [0.4, 0.5) is 11.4 Å². The second-order valence-electron chi connectivity index (χ2n) is 7.26. The van der Waals surface area contributed by atoms with E-state index < -0.39 is 0 Å². The molecule has 0 radical (unpaired) electrons. The molecule has 5 nitrogen and oxygen atoms in total. The van der Waals surface area contributed by atoms with Crippen LogP contribution in [0.5, 0.6) is 0 Å². The van der Waals surface area contributed by atoms with Crippen LogP contribution < -0.4 is 15.5 Å². The van der Waals surface area contributed by atoms with Gasteiger partial charge in [0.15, 0.2) is 0 Å². The molecule has 0 spiro atoms. The van der Waals surface area contributed by atoms with Gasteiger partial charge in [-0.25, -0.2) is 0 Å². The van der Waals surface area contributed by atoms with Crippen molar-refractivity contribution in [2.45, 2.75) is 44.6 Å². The topological polar surface area (TPSA) is 61.4 Å². The molecule has 3 rings (SSSR count). The van der Waals surface area contributed by atoms with Gasteiger partial charge in [0.05, 0.1) is 0 Å². The summed E-state index contributed by atoms with van der Waals surface area (Å²) < 4.78 is 0. The number of hydrogen-bond acceptors (Lipinski definition) is 3. The fourth-order valence-electron chi connectivity index (χ4n) is 3.25. The Labute approximate surface area is 143 Å². The van der Waals surface area contributed by atoms with Gasteiger partial charge in [0.25, 0.3) is 0 Å². The lowest BCUT2D eigenvalue weighted by Gasteiger charge is -2.27. The van der Waals surface area contributed by atoms with E-state index in [0.717, 1.165) is 49.9 Å². The summed E-state index contributed by atoms with van der Waals surface area (Å²) in [6, 6.07) is 8.27. The minimum Gasteiger partial charge on any atom is -0.378 e. The molecule has 1 aromatic carbocycles. The van der Waals surface area contributed by atoms with E-state index in [1.54, 1.807) is 0 Å². The Morgan fingerprint density at radius 2 is 1.42 bits per heavy atom. The first-order valence-electron chi connectivity index (χ1n) is 8.91. The van der Waals surface area contributed by atoms with Crippen LogP contribution in [0.2, 0.25) is 0 Å². The third-order valence-electron chi connectivity index (χ3n) is 5.04. The van der Waals surface area contributed by atoms with Gasteiger partial charge in [0.2, 0.25) is 11.8 Å². The average Bonchev–Trinajstić information content (AvgIpc) is 3.39. The maximum absolute atomic E-state index is 12.4. The molecule has 130 valence electrons. The van der Waals surface area contributed by atoms with E-state index in [1.807, 2.05) is 43.3 Å². The minimum atomic E-state index is 0.0171. The van der Waals surface area contributed by atoms with Crippen LogP contribution in [0.25, 0.3) is 0 Å². The van der Waals surface area contributed by atoms with Crippen LogP contribution in [-0.4, -0.2) is 32.0 Å². The van der Waals surface area contributed by atoms with Crippen LogP contribution in [0.15, 0.2) is 24.3 Å². The molecule has 0 heterocycles. The quantitative estimate of drug-likeness (QED) is 0.873. The Morgan fingerprint density at radius 3 is 1.92 bits per heavy atom. The summed E-state index contributed by atoms with van der Waals surface area (Å²) in [5.74, 6) is 0.377. The van der Waals surface area contributed by atoms with Crippen molar-refractivity contribution in [2.75, 3.05) is 24.3 Å². The normalized spacial score (nSPS) is 23.4. The number of amides is 2. The highest BCUT2D eigenvalue weighted by Gasteiger charge is 2.32. The van der Waals surface area contributed by atoms with Crippen molar-refractivity contribution < 1.29 is 9.59 Å². The number of benzene rings is 1. The zero-order chi connectivity index (χ0) is 17.1. The number of carbonyl (C=O) groups is 2. The first kappa shape index (κ1) is 16.8. The predicted octanol–water partition coefficient (Wildman–Crippen LogP) is 2.78. The second kappa shape index (κ2) is 7.24. The maximum atomic E-state index is 12.4. The van der Waals surface area contributed by atoms with E-state index in [4.69, 9.17) is 0 Å². The van der Waals surface area contributed by atoms with Gasteiger partial charge in [0.1, 0.15) is 0 Å². The first-order valence-corrected chi connectivity index (χ1v) is 8.91. The van der Waals surface area contributed by atoms with E-state index in [-0.39, 0.29) is 23.7 Å². The number of hydrogen-bond donors (Lipinski definition) is 2. The summed E-state index contributed by atoms with van der Waals surface area (Å²) in [5, 5.41) is 6.08. The molecule has 0 aromatic heterocycles. The third-order valence-corrected chi connectivity index (χ3v) is 5.04. The SMILES string of the molecule is CN(C)c1ccc(NC(=O)C2CCC(C(=O)NC3CC3)CC2)cc1. The molecule has 2 amide bonds. The minimum absolute atomic E-state index is 0.0171. The first-order chi connectivity index (χ1) is 11.5. The molecular formula is C19H27N3O2. The lowest BCUT2D eigenvalue weighted by atomic mass is 9.81. The van der Waals surface area contributed by atoms with Crippen LogP contribution in [0.3, 0.4) is 0 Å². The summed E-state index contributed by atoms with van der Waals surface area (Å²) >= 11 is 0. The van der Waals surface area contributed by atoms with Crippen molar-refractivity contribution in [3.63, 3.8) is 0 Å². The fraction of sp³-hybridized carbons (Fsp3) is 0.579. The highest BCUT2D eigenvalue weighted by Crippen LogP contribution is 2.31. The van der Waals surface area contributed by atoms with Gasteiger partial charge in [-0.3, -0.25) is 9.59 Å². The van der Waals surface area contributed by atoms with Crippen LogP contribution in [-0.2, 0) is 9.59 Å². The molecule has 2 aliphatic rings. The fourth-order valence-corrected chi connectivity index (χ4v) is 3.25. The zero-order valence-corrected chi connectivity index (χ0v) is 14.5. The van der Waals surface area contributed by atoms with Crippen molar-refractivity contribution in [1.82, 2.24) is 5.32 Å². The maximum Gasteiger partial charge on any atom is 0.227 e. The van der Waals surface area contributed by atoms with Crippen molar-refractivity contribution in [3.8, 4) is 0 Å². The van der Waals surface area contributed by atoms with E-state index in [1.165, 1.54) is 0 Å². The van der Waals surface area contributed by atoms with Gasteiger partial charge in [0, 0.05) is 43.3 Å². The molecule has 1 aromatic rings. The Hall–Kier alpha value is -2.04. The molecule has 0 bridgehead atoms. The molecule has 24 heavy (non-hydrogen) atoms. The number of rotatable bonds is 5. The Balaban J connectivity index is 1.46. The molecule has 0 atom stereocenters. The van der Waals surface area contributed by atoms with Gasteiger partial charge in [-0.05, 0) is 62.8 Å². The monoisotopic (exact) mass is 329 g/mol. The van der Waals surface area contributed by atoms with Gasteiger partial charge in [-0.15, -0.1) is 0 Å². The number of nitrogens with one attached hydrogen (secondary N) is 2. The van der Waals surface area contributed by atoms with E-state index in [9.17, 15) is 9.59 Å². The standard InChI is InChI=1S/C19H27N3O2/c1-22(2)17-11-9-16(10-12-17)21-19(24)14-5-3-13(4-6-14)18(23)20-15-7-8-15/h9-15H,3-8H2,1-2H3,(H,20,23)(H,21,24). The summed E-state index contributed by atoms with van der Waals surface area (Å²) in [6.45, 7) is 0. The van der Waals surface area contributed by atoms with Gasteiger partial charge in [-0.2, -0.15) is 0 Å². The highest BCUT2D eigenvalue weighted by molar-refractivity contribution is 5.93. The van der Waals surface area contributed by atoms with Crippen molar-refractivity contribution >= 4 is 23.2 Å². The molecule has 2 fully saturated rings. The molecule has 5 heteroatoms. The summed E-state index contributed by atoms with van der Waals surface area (Å²) in [4.78, 5) is 26.5. The summed E-state index contributed by atoms with van der Waals surface area (Å²) in [5.41, 5.74) is 1.94. The predicted molar refractivity (Wildman–Crippen MR) is 96.0 cm³/mol. The van der Waals surface area contributed by atoms with Crippen molar-refractivity contribution in [2.24, 2.45) is 11.8 Å². The summed E-state index contributed by atoms with van der Waals surface area (Å²) in [7, 11) is 3.98. The lowest BCUT2D eigenvalue weighted by Crippen LogP contribution is -2.36. The third kappa shape index (κ3) is 4.28. The second-order valence-corrected chi connectivity index (χ2v) is 7.26. The Morgan fingerprint density at radius 1 is 0.875 bits per heavy atom. The Kier molecular flexibility index (Phi) is 5.07. The van der Waals surface area contributed by atoms with E-state index >= 15 is 0 Å². The smallest absolute Gasteiger partial charge is 0.227 e. The van der Waals surface area contributed by atoms with E-state index in [2.05, 4.69) is 10.6 Å². The molecule has 2 aliphatic carbocycles. The highest BCUT2D eigenvalue weighted by atomic mass is 16.2. The van der Waals surface area contributed by atoms with Crippen molar-refractivity contribution in [1.29, 1.82) is 0 Å². The van der Waals surface area contributed by atoms with Crippen LogP contribution >= 0.6 is 0 Å². The van der Waals surface area contributed by atoms with Gasteiger partial charge >= 0.3 is 0 Å². The van der Waals surface area contributed by atoms with Crippen molar-refractivity contribution in [3.05, 3.63) is 24.3 Å². The van der Waals surface area contributed by atoms with Gasteiger partial charge in [-0.1, -0.05) is 0 Å².